The van der Waals surface area contributed by atoms with Gasteiger partial charge in [0.1, 0.15) is 5.58 Å². The van der Waals surface area contributed by atoms with Gasteiger partial charge in [0, 0.05) is 55.4 Å². The highest BCUT2D eigenvalue weighted by molar-refractivity contribution is 6.03. The fourth-order valence-corrected chi connectivity index (χ4v) is 4.87. The van der Waals surface area contributed by atoms with Crippen LogP contribution in [0.15, 0.2) is 28.9 Å². The van der Waals surface area contributed by atoms with Crippen molar-refractivity contribution in [3.05, 3.63) is 30.0 Å². The largest absolute Gasteiger partial charge is 0.464 e. The Hall–Kier alpha value is -2.81. The molecule has 1 atom stereocenters. The van der Waals surface area contributed by atoms with Crippen LogP contribution < -0.4 is 10.6 Å². The first-order chi connectivity index (χ1) is 16.8. The van der Waals surface area contributed by atoms with Crippen LogP contribution in [0.3, 0.4) is 0 Å². The summed E-state index contributed by atoms with van der Waals surface area (Å²) in [4.78, 5) is 38.2. The number of likely N-dealkylation sites (tertiary alicyclic amines) is 1. The molecule has 3 amide bonds. The summed E-state index contributed by atoms with van der Waals surface area (Å²) in [6, 6.07) is 5.35. The van der Waals surface area contributed by atoms with Gasteiger partial charge in [-0.3, -0.25) is 19.7 Å². The van der Waals surface area contributed by atoms with Gasteiger partial charge in [-0.25, -0.2) is 8.78 Å². The molecule has 190 valence electrons. The summed E-state index contributed by atoms with van der Waals surface area (Å²) in [6.45, 7) is 1.83. The average molecular weight is 490 g/mol. The highest BCUT2D eigenvalue weighted by Crippen LogP contribution is 2.34. The fourth-order valence-electron chi connectivity index (χ4n) is 4.87. The van der Waals surface area contributed by atoms with E-state index in [0.717, 1.165) is 49.6 Å². The van der Waals surface area contributed by atoms with E-state index in [0.29, 0.717) is 37.2 Å². The van der Waals surface area contributed by atoms with Crippen molar-refractivity contribution < 1.29 is 27.6 Å². The van der Waals surface area contributed by atoms with Crippen LogP contribution in [-0.2, 0) is 14.4 Å². The Bertz CT molecular complexity index is 1060. The van der Waals surface area contributed by atoms with Crippen molar-refractivity contribution in [3.8, 4) is 0 Å². The molecule has 2 fully saturated rings. The van der Waals surface area contributed by atoms with Crippen LogP contribution in [0.5, 0.6) is 0 Å². The number of amides is 3. The number of nitrogens with one attached hydrogen (secondary N) is 2. The number of hydrogen-bond donors (Lipinski definition) is 2. The van der Waals surface area contributed by atoms with Gasteiger partial charge in [0.15, 0.2) is 0 Å². The predicted molar refractivity (Wildman–Crippen MR) is 128 cm³/mol. The van der Waals surface area contributed by atoms with Gasteiger partial charge in [-0.15, -0.1) is 0 Å². The van der Waals surface area contributed by atoms with Gasteiger partial charge in [0.05, 0.1) is 12.2 Å². The van der Waals surface area contributed by atoms with E-state index >= 15 is 0 Å². The molecule has 0 bridgehead atoms. The minimum Gasteiger partial charge on any atom is -0.464 e. The number of carbonyl (C=O) groups excluding carboxylic acids is 3. The summed E-state index contributed by atoms with van der Waals surface area (Å²) < 4.78 is 32.0. The summed E-state index contributed by atoms with van der Waals surface area (Å²) in [7, 11) is 0. The van der Waals surface area contributed by atoms with Crippen molar-refractivity contribution in [1.82, 2.24) is 10.2 Å². The molecule has 0 saturated carbocycles. The predicted octanol–water partition coefficient (Wildman–Crippen LogP) is 4.96. The maximum Gasteiger partial charge on any atom is 0.250 e. The highest BCUT2D eigenvalue weighted by Gasteiger charge is 2.33. The van der Waals surface area contributed by atoms with Crippen molar-refractivity contribution in [1.29, 1.82) is 0 Å². The molecule has 7 nitrogen and oxygen atoms in total. The summed E-state index contributed by atoms with van der Waals surface area (Å²) in [6.07, 6.45) is 7.42. The highest BCUT2D eigenvalue weighted by atomic mass is 19.3. The molecule has 1 unspecified atom stereocenters. The van der Waals surface area contributed by atoms with E-state index in [1.54, 1.807) is 18.4 Å². The van der Waals surface area contributed by atoms with Gasteiger partial charge < -0.3 is 14.6 Å². The number of piperidine rings is 2. The van der Waals surface area contributed by atoms with Crippen LogP contribution in [0, 0.1) is 0 Å². The zero-order valence-electron chi connectivity index (χ0n) is 19.9. The third-order valence-electron chi connectivity index (χ3n) is 6.97. The molecule has 0 spiro atoms. The van der Waals surface area contributed by atoms with Crippen molar-refractivity contribution in [3.63, 3.8) is 0 Å². The molecule has 2 N–H and O–H groups in total. The van der Waals surface area contributed by atoms with Crippen molar-refractivity contribution in [2.45, 2.75) is 76.0 Å². The molecule has 0 aliphatic carbocycles. The maximum absolute atomic E-state index is 13.2. The SMILES string of the molecule is O=C1CCC(c2coc3ccc(NC(=O)CCCCCCCN4CCC(F)(F)CC4)cc23)C(=O)N1. The van der Waals surface area contributed by atoms with E-state index in [1.807, 2.05) is 6.07 Å². The van der Waals surface area contributed by atoms with E-state index in [1.165, 1.54) is 0 Å². The Morgan fingerprint density at radius 3 is 2.63 bits per heavy atom. The average Bonchev–Trinajstić information content (AvgIpc) is 3.22. The first-order valence-corrected chi connectivity index (χ1v) is 12.6. The maximum atomic E-state index is 13.2. The van der Waals surface area contributed by atoms with Gasteiger partial charge in [-0.1, -0.05) is 19.3 Å². The van der Waals surface area contributed by atoms with Crippen molar-refractivity contribution in [2.75, 3.05) is 25.0 Å². The molecule has 1 aromatic heterocycles. The summed E-state index contributed by atoms with van der Waals surface area (Å²) in [5.41, 5.74) is 1.99. The third kappa shape index (κ3) is 6.87. The molecular formula is C26H33F2N3O4. The molecule has 9 heteroatoms. The smallest absolute Gasteiger partial charge is 0.250 e. The number of nitrogens with zero attached hydrogens (tertiary/aromatic N) is 1. The Morgan fingerprint density at radius 2 is 1.86 bits per heavy atom. The zero-order valence-corrected chi connectivity index (χ0v) is 19.9. The lowest BCUT2D eigenvalue weighted by molar-refractivity contribution is -0.134. The van der Waals surface area contributed by atoms with Gasteiger partial charge in [-0.05, 0) is 44.0 Å². The normalized spacial score (nSPS) is 20.7. The van der Waals surface area contributed by atoms with Crippen LogP contribution in [0.2, 0.25) is 0 Å². The van der Waals surface area contributed by atoms with Crippen LogP contribution in [0.25, 0.3) is 11.0 Å². The van der Waals surface area contributed by atoms with Gasteiger partial charge in [0.2, 0.25) is 17.7 Å². The molecule has 35 heavy (non-hydrogen) atoms. The van der Waals surface area contributed by atoms with Crippen LogP contribution in [0.1, 0.15) is 75.7 Å². The topological polar surface area (TPSA) is 91.7 Å². The molecule has 2 aromatic rings. The number of furan rings is 1. The Balaban J connectivity index is 1.17. The molecule has 1 aromatic carbocycles. The van der Waals surface area contributed by atoms with Crippen LogP contribution >= 0.6 is 0 Å². The number of alkyl halides is 2. The zero-order chi connectivity index (χ0) is 24.8. The number of carbonyl (C=O) groups is 3. The van der Waals surface area contributed by atoms with E-state index in [-0.39, 0.29) is 37.0 Å². The second-order valence-electron chi connectivity index (χ2n) is 9.67. The summed E-state index contributed by atoms with van der Waals surface area (Å²) in [5, 5.41) is 6.05. The number of anilines is 1. The lowest BCUT2D eigenvalue weighted by Crippen LogP contribution is -2.39. The number of unbranched alkanes of at least 4 members (excludes halogenated alkanes) is 4. The lowest BCUT2D eigenvalue weighted by atomic mass is 9.90. The first kappa shape index (κ1) is 25.3. The number of hydrogen-bond acceptors (Lipinski definition) is 5. The monoisotopic (exact) mass is 489 g/mol. The molecule has 2 saturated heterocycles. The van der Waals surface area contributed by atoms with E-state index in [4.69, 9.17) is 4.42 Å². The number of imide groups is 1. The summed E-state index contributed by atoms with van der Waals surface area (Å²) in [5.74, 6) is -3.59. The molecule has 0 radical (unpaired) electrons. The van der Waals surface area contributed by atoms with E-state index in [2.05, 4.69) is 15.5 Å². The van der Waals surface area contributed by atoms with Crippen LogP contribution in [0.4, 0.5) is 14.5 Å². The Morgan fingerprint density at radius 1 is 1.11 bits per heavy atom. The van der Waals surface area contributed by atoms with Gasteiger partial charge >= 0.3 is 0 Å². The third-order valence-corrected chi connectivity index (χ3v) is 6.97. The standard InChI is InChI=1S/C26H33F2N3O4/c27-26(28)11-14-31(15-12-26)13-5-3-1-2-4-6-23(32)29-18-7-9-22-20(16-18)21(17-35-22)19-8-10-24(33)30-25(19)34/h7,9,16-17,19H,1-6,8,10-15H2,(H,29,32)(H,30,33,34). The Kier molecular flexibility index (Phi) is 8.15. The fraction of sp³-hybridized carbons (Fsp3) is 0.577. The van der Waals surface area contributed by atoms with Crippen LogP contribution in [-0.4, -0.2) is 48.2 Å². The van der Waals surface area contributed by atoms with Gasteiger partial charge in [-0.2, -0.15) is 0 Å². The van der Waals surface area contributed by atoms with Crippen molar-refractivity contribution in [2.24, 2.45) is 0 Å². The van der Waals surface area contributed by atoms with E-state index in [9.17, 15) is 23.2 Å². The molecule has 3 heterocycles. The van der Waals surface area contributed by atoms with Crippen molar-refractivity contribution >= 4 is 34.4 Å². The summed E-state index contributed by atoms with van der Waals surface area (Å²) >= 11 is 0. The quantitative estimate of drug-likeness (QED) is 0.364. The second kappa shape index (κ2) is 11.3. The first-order valence-electron chi connectivity index (χ1n) is 12.6. The second-order valence-corrected chi connectivity index (χ2v) is 9.67. The number of rotatable bonds is 10. The van der Waals surface area contributed by atoms with Gasteiger partial charge in [0.25, 0.3) is 5.92 Å². The molecular weight excluding hydrogens is 456 g/mol. The molecule has 2 aliphatic rings. The van der Waals surface area contributed by atoms with E-state index < -0.39 is 11.8 Å². The lowest BCUT2D eigenvalue weighted by Gasteiger charge is -2.31. The number of benzene rings is 1. The number of halogens is 2. The molecule has 2 aliphatic heterocycles. The molecule has 4 rings (SSSR count). The minimum absolute atomic E-state index is 0.0339. The number of fused-ring (bicyclic) bond motifs is 1. The minimum atomic E-state index is -2.49. The Labute approximate surface area is 203 Å².